The summed E-state index contributed by atoms with van der Waals surface area (Å²) < 4.78 is 2.23. The minimum Gasteiger partial charge on any atom is -0.480 e. The van der Waals surface area contributed by atoms with Crippen molar-refractivity contribution < 1.29 is 9.90 Å². The summed E-state index contributed by atoms with van der Waals surface area (Å²) in [6.07, 6.45) is 4.49. The maximum atomic E-state index is 10.7. The predicted octanol–water partition coefficient (Wildman–Crippen LogP) is 0.576. The minimum absolute atomic E-state index is 0.395. The Balaban J connectivity index is 2.64. The molecule has 0 aliphatic carbocycles. The van der Waals surface area contributed by atoms with E-state index in [0.717, 1.165) is 0 Å². The van der Waals surface area contributed by atoms with Crippen LogP contribution in [-0.4, -0.2) is 25.4 Å². The quantitative estimate of drug-likeness (QED) is 0.833. The van der Waals surface area contributed by atoms with E-state index in [1.165, 1.54) is 12.5 Å². The van der Waals surface area contributed by atoms with Gasteiger partial charge in [0.1, 0.15) is 12.4 Å². The summed E-state index contributed by atoms with van der Waals surface area (Å²) in [5, 5.41) is 8.78. The first-order valence-corrected chi connectivity index (χ1v) is 4.85. The maximum absolute atomic E-state index is 10.7. The number of imidazole rings is 1. The topological polar surface area (TPSA) is 93.5 Å². The molecule has 2 aromatic rings. The summed E-state index contributed by atoms with van der Waals surface area (Å²) in [5.74, 6) is -1.10. The van der Waals surface area contributed by atoms with Gasteiger partial charge in [-0.2, -0.15) is 0 Å². The number of halogens is 1. The number of carboxylic acid groups (broad SMARTS) is 1. The Hall–Kier alpha value is -1.47. The molecule has 0 bridgehead atoms. The first-order chi connectivity index (χ1) is 7.11. The third-order valence-electron chi connectivity index (χ3n) is 1.99. The zero-order valence-corrected chi connectivity index (χ0v) is 9.05. The van der Waals surface area contributed by atoms with Gasteiger partial charge in [-0.05, 0) is 15.9 Å². The zero-order chi connectivity index (χ0) is 11.0. The summed E-state index contributed by atoms with van der Waals surface area (Å²) in [7, 11) is 0. The highest BCUT2D eigenvalue weighted by atomic mass is 79.9. The number of fused-ring (bicyclic) bond motifs is 1. The number of nitrogens with zero attached hydrogens (tertiary/aromatic N) is 3. The van der Waals surface area contributed by atoms with Crippen molar-refractivity contribution in [2.75, 3.05) is 0 Å². The van der Waals surface area contributed by atoms with E-state index in [1.807, 2.05) is 0 Å². The number of aliphatic carboxylic acids is 1. The van der Waals surface area contributed by atoms with Crippen molar-refractivity contribution in [3.63, 3.8) is 0 Å². The van der Waals surface area contributed by atoms with Gasteiger partial charge in [0.05, 0.1) is 16.4 Å². The van der Waals surface area contributed by atoms with E-state index in [-0.39, 0.29) is 0 Å². The van der Waals surface area contributed by atoms with Crippen molar-refractivity contribution in [2.45, 2.75) is 6.04 Å². The van der Waals surface area contributed by atoms with Gasteiger partial charge in [0.25, 0.3) is 0 Å². The molecule has 7 heteroatoms. The van der Waals surface area contributed by atoms with E-state index in [4.69, 9.17) is 10.8 Å². The molecule has 78 valence electrons. The van der Waals surface area contributed by atoms with Crippen LogP contribution in [0.3, 0.4) is 0 Å². The lowest BCUT2D eigenvalue weighted by Gasteiger charge is -2.05. The van der Waals surface area contributed by atoms with Gasteiger partial charge >= 0.3 is 5.97 Å². The molecule has 3 N–H and O–H groups in total. The number of rotatable bonds is 2. The number of carbonyl (C=O) groups is 1. The summed E-state index contributed by atoms with van der Waals surface area (Å²) >= 11 is 3.26. The Labute approximate surface area is 92.9 Å². The molecule has 15 heavy (non-hydrogen) atoms. The molecule has 0 amide bonds. The normalized spacial score (nSPS) is 12.9. The Morgan fingerprint density at radius 3 is 3.00 bits per heavy atom. The van der Waals surface area contributed by atoms with Gasteiger partial charge in [0.15, 0.2) is 5.65 Å². The third kappa shape index (κ3) is 1.59. The highest BCUT2D eigenvalue weighted by Crippen LogP contribution is 2.19. The molecule has 1 unspecified atom stereocenters. The summed E-state index contributed by atoms with van der Waals surface area (Å²) in [6, 6.07) is -1.10. The first-order valence-electron chi connectivity index (χ1n) is 4.06. The molecular formula is C8H7BrN4O2. The second kappa shape index (κ2) is 3.59. The SMILES string of the molecule is NC(C(=O)O)c1cnc2c(Br)cncn12. The minimum atomic E-state index is -1.10. The van der Waals surface area contributed by atoms with Crippen LogP contribution in [0.15, 0.2) is 23.2 Å². The highest BCUT2D eigenvalue weighted by Gasteiger charge is 2.19. The number of nitrogens with two attached hydrogens (primary N) is 1. The Morgan fingerprint density at radius 1 is 1.60 bits per heavy atom. The standard InChI is InChI=1S/C8H7BrN4O2/c9-4-1-11-3-13-5(2-12-7(4)13)6(10)8(14)15/h1-3,6H,10H2,(H,14,15). The van der Waals surface area contributed by atoms with Gasteiger partial charge in [0.2, 0.25) is 0 Å². The largest absolute Gasteiger partial charge is 0.480 e. The van der Waals surface area contributed by atoms with Crippen LogP contribution in [-0.2, 0) is 4.79 Å². The van der Waals surface area contributed by atoms with Crippen molar-refractivity contribution in [2.24, 2.45) is 5.73 Å². The van der Waals surface area contributed by atoms with Gasteiger partial charge in [-0.1, -0.05) is 0 Å². The van der Waals surface area contributed by atoms with E-state index in [9.17, 15) is 4.79 Å². The molecule has 1 atom stereocenters. The van der Waals surface area contributed by atoms with E-state index in [1.54, 1.807) is 10.6 Å². The fraction of sp³-hybridized carbons (Fsp3) is 0.125. The fourth-order valence-electron chi connectivity index (χ4n) is 1.25. The number of aromatic nitrogens is 3. The molecule has 0 saturated heterocycles. The Kier molecular flexibility index (Phi) is 2.41. The van der Waals surface area contributed by atoms with Crippen molar-refractivity contribution in [3.8, 4) is 0 Å². The van der Waals surface area contributed by atoms with Crippen molar-refractivity contribution in [1.82, 2.24) is 14.4 Å². The average Bonchev–Trinajstić information content (AvgIpc) is 2.61. The van der Waals surface area contributed by atoms with Crippen LogP contribution < -0.4 is 5.73 Å². The Bertz CT molecular complexity index is 524. The zero-order valence-electron chi connectivity index (χ0n) is 7.46. The lowest BCUT2D eigenvalue weighted by molar-refractivity contribution is -0.138. The molecule has 6 nitrogen and oxygen atoms in total. The lowest BCUT2D eigenvalue weighted by Crippen LogP contribution is -2.22. The van der Waals surface area contributed by atoms with E-state index >= 15 is 0 Å². The van der Waals surface area contributed by atoms with Crippen molar-refractivity contribution >= 4 is 27.5 Å². The lowest BCUT2D eigenvalue weighted by atomic mass is 10.2. The molecule has 0 saturated carbocycles. The molecule has 2 heterocycles. The number of hydrogen-bond donors (Lipinski definition) is 2. The second-order valence-electron chi connectivity index (χ2n) is 2.93. The second-order valence-corrected chi connectivity index (χ2v) is 3.79. The van der Waals surface area contributed by atoms with Gasteiger partial charge in [-0.3, -0.25) is 9.20 Å². The maximum Gasteiger partial charge on any atom is 0.326 e. The predicted molar refractivity (Wildman–Crippen MR) is 55.3 cm³/mol. The summed E-state index contributed by atoms with van der Waals surface area (Å²) in [4.78, 5) is 18.7. The Morgan fingerprint density at radius 2 is 2.33 bits per heavy atom. The molecular weight excluding hydrogens is 264 g/mol. The molecule has 0 spiro atoms. The fourth-order valence-corrected chi connectivity index (χ4v) is 1.66. The molecule has 0 aromatic carbocycles. The van der Waals surface area contributed by atoms with E-state index in [0.29, 0.717) is 15.8 Å². The van der Waals surface area contributed by atoms with Crippen molar-refractivity contribution in [1.29, 1.82) is 0 Å². The van der Waals surface area contributed by atoms with Crippen LogP contribution in [0.1, 0.15) is 11.7 Å². The third-order valence-corrected chi connectivity index (χ3v) is 2.55. The van der Waals surface area contributed by atoms with Gasteiger partial charge < -0.3 is 10.8 Å². The number of carboxylic acids is 1. The van der Waals surface area contributed by atoms with Crippen molar-refractivity contribution in [3.05, 3.63) is 28.9 Å². The van der Waals surface area contributed by atoms with Gasteiger partial charge in [-0.25, -0.2) is 9.97 Å². The highest BCUT2D eigenvalue weighted by molar-refractivity contribution is 9.10. The molecule has 0 aliphatic heterocycles. The van der Waals surface area contributed by atoms with Crippen LogP contribution in [0.4, 0.5) is 0 Å². The molecule has 2 rings (SSSR count). The van der Waals surface area contributed by atoms with Crippen LogP contribution in [0.2, 0.25) is 0 Å². The smallest absolute Gasteiger partial charge is 0.326 e. The molecule has 0 aliphatic rings. The van der Waals surface area contributed by atoms with Crippen LogP contribution in [0.5, 0.6) is 0 Å². The summed E-state index contributed by atoms with van der Waals surface area (Å²) in [5.41, 5.74) is 6.48. The number of hydrogen-bond acceptors (Lipinski definition) is 4. The van der Waals surface area contributed by atoms with Gasteiger partial charge in [-0.15, -0.1) is 0 Å². The molecule has 0 fully saturated rings. The average molecular weight is 271 g/mol. The van der Waals surface area contributed by atoms with E-state index in [2.05, 4.69) is 25.9 Å². The van der Waals surface area contributed by atoms with Crippen LogP contribution in [0, 0.1) is 0 Å². The molecule has 2 aromatic heterocycles. The van der Waals surface area contributed by atoms with E-state index < -0.39 is 12.0 Å². The van der Waals surface area contributed by atoms with Crippen LogP contribution in [0.25, 0.3) is 5.65 Å². The van der Waals surface area contributed by atoms with Gasteiger partial charge in [0, 0.05) is 6.20 Å². The van der Waals surface area contributed by atoms with Crippen LogP contribution >= 0.6 is 15.9 Å². The summed E-state index contributed by atoms with van der Waals surface area (Å²) in [6.45, 7) is 0. The first kappa shape index (κ1) is 10.1. The monoisotopic (exact) mass is 270 g/mol. The molecule has 0 radical (unpaired) electrons.